The van der Waals surface area contributed by atoms with Gasteiger partial charge in [0.15, 0.2) is 11.5 Å². The standard InChI is InChI=1S/C17H28O3/c1-8-9-20-12-10-11(16(2,3)4)14(18)15(19)13(12)17(5,6)7/h10,18-19H,8-9H2,1-7H3. The summed E-state index contributed by atoms with van der Waals surface area (Å²) >= 11 is 0. The number of aromatic hydroxyl groups is 2. The van der Waals surface area contributed by atoms with Crippen LogP contribution in [0.3, 0.4) is 0 Å². The Kier molecular flexibility index (Phi) is 4.62. The fraction of sp³-hybridized carbons (Fsp3) is 0.647. The van der Waals surface area contributed by atoms with Gasteiger partial charge in [0.05, 0.1) is 6.61 Å². The highest BCUT2D eigenvalue weighted by molar-refractivity contribution is 5.61. The average molecular weight is 280 g/mol. The zero-order valence-corrected chi connectivity index (χ0v) is 13.8. The van der Waals surface area contributed by atoms with E-state index in [1.54, 1.807) is 0 Å². The van der Waals surface area contributed by atoms with Crippen molar-refractivity contribution < 1.29 is 14.9 Å². The van der Waals surface area contributed by atoms with Gasteiger partial charge in [0, 0.05) is 11.1 Å². The molecule has 0 aliphatic rings. The van der Waals surface area contributed by atoms with Crippen LogP contribution in [0.1, 0.15) is 66.0 Å². The SMILES string of the molecule is CCCOc1cc(C(C)(C)C)c(O)c(O)c1C(C)(C)C. The molecule has 0 saturated carbocycles. The Morgan fingerprint density at radius 1 is 0.950 bits per heavy atom. The lowest BCUT2D eigenvalue weighted by Gasteiger charge is -2.28. The first-order chi connectivity index (χ1) is 9.00. The summed E-state index contributed by atoms with van der Waals surface area (Å²) in [6.07, 6.45) is 0.899. The van der Waals surface area contributed by atoms with Crippen LogP contribution in [0, 0.1) is 0 Å². The van der Waals surface area contributed by atoms with Crippen LogP contribution < -0.4 is 4.74 Å². The van der Waals surface area contributed by atoms with E-state index >= 15 is 0 Å². The number of hydrogen-bond donors (Lipinski definition) is 2. The van der Waals surface area contributed by atoms with Crippen molar-refractivity contribution in [3.8, 4) is 17.2 Å². The summed E-state index contributed by atoms with van der Waals surface area (Å²) in [5.74, 6) is 0.571. The Hall–Kier alpha value is -1.38. The monoisotopic (exact) mass is 280 g/mol. The molecule has 0 atom stereocenters. The molecule has 1 rings (SSSR count). The third-order valence-corrected chi connectivity index (χ3v) is 3.26. The average Bonchev–Trinajstić information content (AvgIpc) is 2.26. The maximum Gasteiger partial charge on any atom is 0.165 e. The molecule has 0 saturated heterocycles. The van der Waals surface area contributed by atoms with Crippen molar-refractivity contribution >= 4 is 0 Å². The van der Waals surface area contributed by atoms with Crippen molar-refractivity contribution in [3.05, 3.63) is 17.2 Å². The van der Waals surface area contributed by atoms with Gasteiger partial charge in [-0.1, -0.05) is 48.5 Å². The minimum atomic E-state index is -0.305. The lowest BCUT2D eigenvalue weighted by atomic mass is 9.80. The molecule has 1 aromatic carbocycles. The van der Waals surface area contributed by atoms with Gasteiger partial charge in [0.25, 0.3) is 0 Å². The first-order valence-electron chi connectivity index (χ1n) is 7.22. The second kappa shape index (κ2) is 5.55. The molecule has 0 aliphatic heterocycles. The van der Waals surface area contributed by atoms with E-state index in [0.717, 1.165) is 6.42 Å². The molecule has 0 heterocycles. The minimum Gasteiger partial charge on any atom is -0.504 e. The first-order valence-corrected chi connectivity index (χ1v) is 7.22. The van der Waals surface area contributed by atoms with Crippen LogP contribution in [0.25, 0.3) is 0 Å². The fourth-order valence-electron chi connectivity index (χ4n) is 2.26. The maximum absolute atomic E-state index is 10.4. The highest BCUT2D eigenvalue weighted by Gasteiger charge is 2.30. The number of benzene rings is 1. The summed E-state index contributed by atoms with van der Waals surface area (Å²) in [6.45, 7) is 14.6. The largest absolute Gasteiger partial charge is 0.504 e. The molecule has 1 aromatic rings. The topological polar surface area (TPSA) is 49.7 Å². The zero-order chi connectivity index (χ0) is 15.7. The summed E-state index contributed by atoms with van der Waals surface area (Å²) in [4.78, 5) is 0. The predicted molar refractivity (Wildman–Crippen MR) is 83.0 cm³/mol. The number of ether oxygens (including phenoxy) is 1. The van der Waals surface area contributed by atoms with Crippen molar-refractivity contribution in [2.24, 2.45) is 0 Å². The normalized spacial score (nSPS) is 12.6. The van der Waals surface area contributed by atoms with Gasteiger partial charge in [0.1, 0.15) is 5.75 Å². The predicted octanol–water partition coefficient (Wildman–Crippen LogP) is 4.48. The van der Waals surface area contributed by atoms with Crippen LogP contribution in [0.4, 0.5) is 0 Å². The van der Waals surface area contributed by atoms with E-state index in [1.807, 2.05) is 54.5 Å². The Labute approximate surface area is 122 Å². The van der Waals surface area contributed by atoms with E-state index in [-0.39, 0.29) is 22.3 Å². The molecule has 0 aromatic heterocycles. The van der Waals surface area contributed by atoms with E-state index in [0.29, 0.717) is 23.5 Å². The maximum atomic E-state index is 10.4. The van der Waals surface area contributed by atoms with Crippen LogP contribution in [0.2, 0.25) is 0 Å². The molecule has 0 fully saturated rings. The lowest BCUT2D eigenvalue weighted by Crippen LogP contribution is -2.17. The number of hydrogen-bond acceptors (Lipinski definition) is 3. The van der Waals surface area contributed by atoms with Gasteiger partial charge in [-0.25, -0.2) is 0 Å². The minimum absolute atomic E-state index is 0.0359. The number of phenols is 2. The molecule has 0 unspecified atom stereocenters. The molecule has 0 bridgehead atoms. The van der Waals surface area contributed by atoms with Gasteiger partial charge in [0.2, 0.25) is 0 Å². The first kappa shape index (κ1) is 16.7. The molecule has 0 spiro atoms. The Balaban J connectivity index is 3.56. The highest BCUT2D eigenvalue weighted by Crippen LogP contribution is 2.48. The second-order valence-electron chi connectivity index (χ2n) is 7.34. The van der Waals surface area contributed by atoms with Crippen molar-refractivity contribution in [1.29, 1.82) is 0 Å². The molecule has 114 valence electrons. The Bertz CT molecular complexity index is 476. The summed E-state index contributed by atoms with van der Waals surface area (Å²) in [5, 5.41) is 20.7. The molecular formula is C17H28O3. The third-order valence-electron chi connectivity index (χ3n) is 3.26. The molecule has 0 amide bonds. The van der Waals surface area contributed by atoms with E-state index in [1.165, 1.54) is 0 Å². The molecule has 3 nitrogen and oxygen atoms in total. The van der Waals surface area contributed by atoms with Crippen molar-refractivity contribution in [1.82, 2.24) is 0 Å². The van der Waals surface area contributed by atoms with Crippen molar-refractivity contribution in [2.75, 3.05) is 6.61 Å². The van der Waals surface area contributed by atoms with E-state index in [9.17, 15) is 10.2 Å². The van der Waals surface area contributed by atoms with Crippen LogP contribution in [0.15, 0.2) is 6.07 Å². The van der Waals surface area contributed by atoms with Crippen molar-refractivity contribution in [2.45, 2.75) is 65.7 Å². The van der Waals surface area contributed by atoms with Crippen molar-refractivity contribution in [3.63, 3.8) is 0 Å². The van der Waals surface area contributed by atoms with E-state index < -0.39 is 0 Å². The van der Waals surface area contributed by atoms with Gasteiger partial charge in [-0.15, -0.1) is 0 Å². The van der Waals surface area contributed by atoms with Crippen LogP contribution in [0.5, 0.6) is 17.2 Å². The number of rotatable bonds is 3. The van der Waals surface area contributed by atoms with Crippen LogP contribution >= 0.6 is 0 Å². The Morgan fingerprint density at radius 3 is 1.90 bits per heavy atom. The zero-order valence-electron chi connectivity index (χ0n) is 13.8. The molecule has 0 aliphatic carbocycles. The highest BCUT2D eigenvalue weighted by atomic mass is 16.5. The summed E-state index contributed by atoms with van der Waals surface area (Å²) in [7, 11) is 0. The van der Waals surface area contributed by atoms with E-state index in [4.69, 9.17) is 4.74 Å². The number of phenolic OH excluding ortho intramolecular Hbond substituents is 2. The van der Waals surface area contributed by atoms with Gasteiger partial charge in [-0.3, -0.25) is 0 Å². The van der Waals surface area contributed by atoms with Crippen LogP contribution in [-0.2, 0) is 10.8 Å². The summed E-state index contributed by atoms with van der Waals surface area (Å²) < 4.78 is 5.81. The summed E-state index contributed by atoms with van der Waals surface area (Å²) in [6, 6.07) is 1.87. The second-order valence-corrected chi connectivity index (χ2v) is 7.34. The van der Waals surface area contributed by atoms with Gasteiger partial charge >= 0.3 is 0 Å². The Morgan fingerprint density at radius 2 is 1.50 bits per heavy atom. The van der Waals surface area contributed by atoms with E-state index in [2.05, 4.69) is 0 Å². The van der Waals surface area contributed by atoms with Gasteiger partial charge in [-0.2, -0.15) is 0 Å². The van der Waals surface area contributed by atoms with Crippen LogP contribution in [-0.4, -0.2) is 16.8 Å². The fourth-order valence-corrected chi connectivity index (χ4v) is 2.26. The van der Waals surface area contributed by atoms with Gasteiger partial charge < -0.3 is 14.9 Å². The van der Waals surface area contributed by atoms with Gasteiger partial charge in [-0.05, 0) is 23.3 Å². The molecule has 2 N–H and O–H groups in total. The summed E-state index contributed by atoms with van der Waals surface area (Å²) in [5.41, 5.74) is 0.800. The molecular weight excluding hydrogens is 252 g/mol. The third kappa shape index (κ3) is 3.38. The smallest absolute Gasteiger partial charge is 0.165 e. The lowest BCUT2D eigenvalue weighted by molar-refractivity contribution is 0.298. The quantitative estimate of drug-likeness (QED) is 0.802. The molecule has 20 heavy (non-hydrogen) atoms. The molecule has 3 heteroatoms. The molecule has 0 radical (unpaired) electrons.